The molecule has 0 radical (unpaired) electrons. The summed E-state index contributed by atoms with van der Waals surface area (Å²) in [6, 6.07) is 12.0. The van der Waals surface area contributed by atoms with Crippen LogP contribution in [0.2, 0.25) is 0 Å². The van der Waals surface area contributed by atoms with Gasteiger partial charge in [0.2, 0.25) is 5.75 Å². The highest BCUT2D eigenvalue weighted by atomic mass is 16.5. The molecule has 2 aromatic rings. The van der Waals surface area contributed by atoms with Crippen LogP contribution < -0.4 is 29.2 Å². The van der Waals surface area contributed by atoms with E-state index in [9.17, 15) is 0 Å². The summed E-state index contributed by atoms with van der Waals surface area (Å²) in [7, 11) is 8.36. The first kappa shape index (κ1) is 22.4. The Morgan fingerprint density at radius 2 is 1.65 bits per heavy atom. The lowest BCUT2D eigenvalue weighted by molar-refractivity contribution is 0.321. The van der Waals surface area contributed by atoms with Crippen molar-refractivity contribution in [1.82, 2.24) is 10.2 Å². The van der Waals surface area contributed by atoms with E-state index in [2.05, 4.69) is 32.2 Å². The zero-order valence-electron chi connectivity index (χ0n) is 19.0. The molecular formula is C23H32N4O4. The molecule has 0 spiro atoms. The van der Waals surface area contributed by atoms with Gasteiger partial charge in [-0.05, 0) is 24.3 Å². The van der Waals surface area contributed by atoms with Crippen molar-refractivity contribution in [1.29, 1.82) is 0 Å². The van der Waals surface area contributed by atoms with E-state index in [4.69, 9.17) is 18.9 Å². The second kappa shape index (κ2) is 10.7. The smallest absolute Gasteiger partial charge is 0.203 e. The van der Waals surface area contributed by atoms with Crippen molar-refractivity contribution < 1.29 is 18.9 Å². The van der Waals surface area contributed by atoms with Crippen LogP contribution in [0.5, 0.6) is 23.0 Å². The molecule has 0 saturated carbocycles. The Morgan fingerprint density at radius 3 is 2.26 bits per heavy atom. The van der Waals surface area contributed by atoms with Gasteiger partial charge in [-0.1, -0.05) is 6.07 Å². The summed E-state index contributed by atoms with van der Waals surface area (Å²) in [6.07, 6.45) is 0. The van der Waals surface area contributed by atoms with Crippen LogP contribution in [-0.2, 0) is 6.54 Å². The third-order valence-corrected chi connectivity index (χ3v) is 5.43. The van der Waals surface area contributed by atoms with E-state index in [-0.39, 0.29) is 0 Å². The van der Waals surface area contributed by atoms with Gasteiger partial charge in [0.1, 0.15) is 5.75 Å². The van der Waals surface area contributed by atoms with Gasteiger partial charge >= 0.3 is 0 Å². The molecule has 0 aromatic heterocycles. The number of aliphatic imine (C=N–C) groups is 1. The van der Waals surface area contributed by atoms with Crippen LogP contribution in [0.15, 0.2) is 41.4 Å². The van der Waals surface area contributed by atoms with Crippen molar-refractivity contribution in [2.45, 2.75) is 6.54 Å². The SMILES string of the molecule is CN=C(NCc1ccc(OC)c(OC)c1OC)N1CCN(c2cccc(OC)c2)CC1. The summed E-state index contributed by atoms with van der Waals surface area (Å²) in [5.74, 6) is 3.63. The van der Waals surface area contributed by atoms with E-state index in [0.717, 1.165) is 43.5 Å². The number of guanidine groups is 1. The Bertz CT molecular complexity index is 895. The number of benzene rings is 2. The Kier molecular flexibility index (Phi) is 7.70. The zero-order chi connectivity index (χ0) is 22.2. The molecule has 0 aliphatic carbocycles. The van der Waals surface area contributed by atoms with Crippen molar-refractivity contribution in [3.05, 3.63) is 42.0 Å². The Balaban J connectivity index is 1.63. The highest BCUT2D eigenvalue weighted by Crippen LogP contribution is 2.39. The van der Waals surface area contributed by atoms with Gasteiger partial charge in [0.25, 0.3) is 0 Å². The number of hydrogen-bond donors (Lipinski definition) is 1. The molecule has 8 nitrogen and oxygen atoms in total. The number of nitrogens with one attached hydrogen (secondary N) is 1. The number of anilines is 1. The van der Waals surface area contributed by atoms with Crippen LogP contribution in [0.1, 0.15) is 5.56 Å². The van der Waals surface area contributed by atoms with Crippen molar-refractivity contribution in [2.24, 2.45) is 4.99 Å². The fourth-order valence-corrected chi connectivity index (χ4v) is 3.79. The van der Waals surface area contributed by atoms with Crippen LogP contribution in [0.4, 0.5) is 5.69 Å². The highest BCUT2D eigenvalue weighted by molar-refractivity contribution is 5.80. The molecular weight excluding hydrogens is 396 g/mol. The maximum atomic E-state index is 5.59. The molecule has 3 rings (SSSR count). The predicted molar refractivity (Wildman–Crippen MR) is 123 cm³/mol. The minimum atomic E-state index is 0.562. The molecule has 0 amide bonds. The first-order valence-electron chi connectivity index (χ1n) is 10.3. The number of ether oxygens (including phenoxy) is 4. The largest absolute Gasteiger partial charge is 0.497 e. The van der Waals surface area contributed by atoms with E-state index in [1.54, 1.807) is 28.4 Å². The topological polar surface area (TPSA) is 67.8 Å². The van der Waals surface area contributed by atoms with E-state index in [1.165, 1.54) is 5.69 Å². The van der Waals surface area contributed by atoms with Crippen LogP contribution in [0.3, 0.4) is 0 Å². The summed E-state index contributed by atoms with van der Waals surface area (Å²) >= 11 is 0. The third kappa shape index (κ3) is 5.07. The molecule has 1 saturated heterocycles. The van der Waals surface area contributed by atoms with Gasteiger partial charge in [-0.3, -0.25) is 4.99 Å². The van der Waals surface area contributed by atoms with Gasteiger partial charge in [-0.25, -0.2) is 0 Å². The fourth-order valence-electron chi connectivity index (χ4n) is 3.79. The number of piperazine rings is 1. The average Bonchev–Trinajstić information content (AvgIpc) is 2.84. The summed E-state index contributed by atoms with van der Waals surface area (Å²) in [6.45, 7) is 4.13. The number of nitrogens with zero attached hydrogens (tertiary/aromatic N) is 3. The first-order chi connectivity index (χ1) is 15.1. The predicted octanol–water partition coefficient (Wildman–Crippen LogP) is 2.62. The van der Waals surface area contributed by atoms with Crippen LogP contribution in [0.25, 0.3) is 0 Å². The monoisotopic (exact) mass is 428 g/mol. The minimum absolute atomic E-state index is 0.562. The third-order valence-electron chi connectivity index (χ3n) is 5.43. The summed E-state index contributed by atoms with van der Waals surface area (Å²) in [4.78, 5) is 9.11. The summed E-state index contributed by atoms with van der Waals surface area (Å²) in [5.41, 5.74) is 2.15. The molecule has 1 aliphatic rings. The molecule has 168 valence electrons. The van der Waals surface area contributed by atoms with Gasteiger partial charge in [0.15, 0.2) is 17.5 Å². The van der Waals surface area contributed by atoms with Gasteiger partial charge in [0, 0.05) is 57.1 Å². The summed E-state index contributed by atoms with van der Waals surface area (Å²) < 4.78 is 21.8. The molecule has 1 heterocycles. The van der Waals surface area contributed by atoms with Crippen LogP contribution in [-0.4, -0.2) is 72.5 Å². The Morgan fingerprint density at radius 1 is 0.903 bits per heavy atom. The average molecular weight is 429 g/mol. The standard InChI is InChI=1S/C23H32N4O4/c1-24-23(25-16-17-9-10-20(29-3)22(31-5)21(17)30-4)27-13-11-26(12-14-27)18-7-6-8-19(15-18)28-2/h6-10,15H,11-14,16H2,1-5H3,(H,24,25). The van der Waals surface area contributed by atoms with Crippen molar-refractivity contribution in [3.63, 3.8) is 0 Å². The van der Waals surface area contributed by atoms with Crippen molar-refractivity contribution >= 4 is 11.6 Å². The molecule has 2 aromatic carbocycles. The maximum absolute atomic E-state index is 5.59. The van der Waals surface area contributed by atoms with Gasteiger partial charge in [-0.2, -0.15) is 0 Å². The molecule has 0 unspecified atom stereocenters. The maximum Gasteiger partial charge on any atom is 0.203 e. The second-order valence-electron chi connectivity index (χ2n) is 7.07. The Hall–Kier alpha value is -3.29. The summed E-state index contributed by atoms with van der Waals surface area (Å²) in [5, 5.41) is 3.45. The van der Waals surface area contributed by atoms with E-state index in [1.807, 2.05) is 31.3 Å². The first-order valence-corrected chi connectivity index (χ1v) is 10.3. The minimum Gasteiger partial charge on any atom is -0.497 e. The van der Waals surface area contributed by atoms with E-state index in [0.29, 0.717) is 23.8 Å². The molecule has 1 N–H and O–H groups in total. The second-order valence-corrected chi connectivity index (χ2v) is 7.07. The number of methoxy groups -OCH3 is 4. The number of hydrogen-bond acceptors (Lipinski definition) is 6. The van der Waals surface area contributed by atoms with Gasteiger partial charge in [0.05, 0.1) is 28.4 Å². The van der Waals surface area contributed by atoms with Crippen LogP contribution in [0, 0.1) is 0 Å². The number of rotatable bonds is 7. The van der Waals surface area contributed by atoms with E-state index < -0.39 is 0 Å². The molecule has 1 fully saturated rings. The quantitative estimate of drug-likeness (QED) is 0.537. The van der Waals surface area contributed by atoms with Gasteiger partial charge in [-0.15, -0.1) is 0 Å². The molecule has 0 atom stereocenters. The van der Waals surface area contributed by atoms with Crippen LogP contribution >= 0.6 is 0 Å². The normalized spacial score (nSPS) is 14.3. The molecule has 1 aliphatic heterocycles. The highest BCUT2D eigenvalue weighted by Gasteiger charge is 2.21. The zero-order valence-corrected chi connectivity index (χ0v) is 19.0. The van der Waals surface area contributed by atoms with Crippen molar-refractivity contribution in [3.8, 4) is 23.0 Å². The lowest BCUT2D eigenvalue weighted by Crippen LogP contribution is -2.52. The lowest BCUT2D eigenvalue weighted by Gasteiger charge is -2.37. The molecule has 8 heteroatoms. The van der Waals surface area contributed by atoms with Gasteiger partial charge < -0.3 is 34.1 Å². The lowest BCUT2D eigenvalue weighted by atomic mass is 10.1. The molecule has 0 bridgehead atoms. The Labute approximate surface area is 184 Å². The molecule has 31 heavy (non-hydrogen) atoms. The fraction of sp³-hybridized carbons (Fsp3) is 0.435. The van der Waals surface area contributed by atoms with Crippen molar-refractivity contribution in [2.75, 3.05) is 66.6 Å². The van der Waals surface area contributed by atoms with E-state index >= 15 is 0 Å².